The first-order chi connectivity index (χ1) is 17.1. The van der Waals surface area contributed by atoms with Crippen LogP contribution in [-0.4, -0.2) is 65.7 Å². The van der Waals surface area contributed by atoms with E-state index in [-0.39, 0.29) is 28.3 Å². The van der Waals surface area contributed by atoms with Crippen LogP contribution < -0.4 is 10.5 Å². The molecular weight excluding hydrogens is 522 g/mol. The molecule has 0 aliphatic carbocycles. The number of piperidine rings is 1. The van der Waals surface area contributed by atoms with Crippen LogP contribution in [0.1, 0.15) is 26.2 Å². The van der Waals surface area contributed by atoms with Crippen molar-refractivity contribution in [3.05, 3.63) is 46.2 Å². The first-order valence-electron chi connectivity index (χ1n) is 11.8. The minimum Gasteiger partial charge on any atom is -0.378 e. The fourth-order valence-corrected chi connectivity index (χ4v) is 6.58. The van der Waals surface area contributed by atoms with Gasteiger partial charge in [-0.1, -0.05) is 23.4 Å². The van der Waals surface area contributed by atoms with Gasteiger partial charge in [0.1, 0.15) is 20.7 Å². The summed E-state index contributed by atoms with van der Waals surface area (Å²) in [5, 5.41) is 1.19. The lowest BCUT2D eigenvalue weighted by molar-refractivity contribution is 0.0976. The number of fused-ring (bicyclic) bond motifs is 1. The van der Waals surface area contributed by atoms with Gasteiger partial charge in [-0.2, -0.15) is 0 Å². The topological polar surface area (TPSA) is 107 Å². The molecule has 2 aromatic heterocycles. The van der Waals surface area contributed by atoms with Gasteiger partial charge in [0.05, 0.1) is 53.1 Å². The van der Waals surface area contributed by atoms with Crippen LogP contribution in [0.5, 0.6) is 0 Å². The summed E-state index contributed by atoms with van der Waals surface area (Å²) in [6.07, 6.45) is 9.66. The second-order valence-electron chi connectivity index (χ2n) is 9.77. The fourth-order valence-electron chi connectivity index (χ4n) is 4.93. The largest absolute Gasteiger partial charge is 0.378 e. The second-order valence-corrected chi connectivity index (χ2v) is 13.5. The van der Waals surface area contributed by atoms with Gasteiger partial charge in [-0.25, -0.2) is 23.4 Å². The summed E-state index contributed by atoms with van der Waals surface area (Å²) in [6, 6.07) is 3.53. The quantitative estimate of drug-likeness (QED) is 0.457. The minimum absolute atomic E-state index is 0.0188. The number of benzene rings is 1. The first-order valence-corrected chi connectivity index (χ1v) is 15.1. The number of halogens is 1. The van der Waals surface area contributed by atoms with Crippen LogP contribution in [0.4, 0.5) is 5.82 Å². The molecule has 36 heavy (non-hydrogen) atoms. The molecule has 1 spiro atoms. The molecule has 12 heteroatoms. The van der Waals surface area contributed by atoms with Crippen molar-refractivity contribution < 1.29 is 13.2 Å². The third kappa shape index (κ3) is 5.39. The van der Waals surface area contributed by atoms with Crippen molar-refractivity contribution in [2.75, 3.05) is 36.6 Å². The van der Waals surface area contributed by atoms with Crippen molar-refractivity contribution in [1.82, 2.24) is 19.5 Å². The van der Waals surface area contributed by atoms with Gasteiger partial charge in [0, 0.05) is 30.8 Å². The van der Waals surface area contributed by atoms with Crippen LogP contribution in [-0.2, 0) is 21.1 Å². The molecule has 0 N–H and O–H groups in total. The van der Waals surface area contributed by atoms with Gasteiger partial charge in [0.15, 0.2) is 0 Å². The molecule has 2 aliphatic heterocycles. The molecule has 2 fully saturated rings. The third-order valence-electron chi connectivity index (χ3n) is 6.97. The lowest BCUT2D eigenvalue weighted by atomic mass is 9.77. The Morgan fingerprint density at radius 3 is 2.61 bits per heavy atom. The Morgan fingerprint density at radius 1 is 1.19 bits per heavy atom. The Labute approximate surface area is 219 Å². The predicted octanol–water partition coefficient (Wildman–Crippen LogP) is 3.43. The van der Waals surface area contributed by atoms with Gasteiger partial charge in [-0.15, -0.1) is 0 Å². The normalized spacial score (nSPS) is 19.9. The Morgan fingerprint density at radius 2 is 1.97 bits per heavy atom. The van der Waals surface area contributed by atoms with Crippen molar-refractivity contribution in [2.45, 2.75) is 48.8 Å². The van der Waals surface area contributed by atoms with Crippen LogP contribution in [0.3, 0.4) is 0 Å². The summed E-state index contributed by atoms with van der Waals surface area (Å²) in [5.74, 6) is 0.697. The van der Waals surface area contributed by atoms with Crippen LogP contribution >= 0.6 is 23.4 Å². The van der Waals surface area contributed by atoms with Gasteiger partial charge in [0.25, 0.3) is 5.56 Å². The van der Waals surface area contributed by atoms with Crippen molar-refractivity contribution in [2.24, 2.45) is 5.41 Å². The van der Waals surface area contributed by atoms with E-state index < -0.39 is 9.84 Å². The maximum atomic E-state index is 13.0. The summed E-state index contributed by atoms with van der Waals surface area (Å²) < 4.78 is 30.1. The zero-order valence-electron chi connectivity index (χ0n) is 20.2. The van der Waals surface area contributed by atoms with Crippen molar-refractivity contribution in [3.63, 3.8) is 0 Å². The lowest BCUT2D eigenvalue weighted by Crippen LogP contribution is -2.41. The van der Waals surface area contributed by atoms with Gasteiger partial charge in [-0.05, 0) is 43.7 Å². The lowest BCUT2D eigenvalue weighted by Gasteiger charge is -2.38. The van der Waals surface area contributed by atoms with Gasteiger partial charge in [0.2, 0.25) is 0 Å². The van der Waals surface area contributed by atoms with Crippen molar-refractivity contribution >= 4 is 49.9 Å². The van der Waals surface area contributed by atoms with Crippen LogP contribution in [0.2, 0.25) is 5.02 Å². The smallest absolute Gasteiger partial charge is 0.262 e. The molecule has 1 aromatic carbocycles. The number of sulfone groups is 1. The van der Waals surface area contributed by atoms with E-state index in [1.807, 2.05) is 0 Å². The molecular formula is C24H28ClN5O4S2. The van der Waals surface area contributed by atoms with E-state index in [9.17, 15) is 13.2 Å². The van der Waals surface area contributed by atoms with E-state index in [1.165, 1.54) is 22.7 Å². The highest BCUT2D eigenvalue weighted by atomic mass is 35.5. The van der Waals surface area contributed by atoms with Crippen LogP contribution in [0.25, 0.3) is 10.9 Å². The maximum Gasteiger partial charge on any atom is 0.262 e. The monoisotopic (exact) mass is 549 g/mol. The van der Waals surface area contributed by atoms with Crippen molar-refractivity contribution in [3.8, 4) is 0 Å². The molecule has 1 atom stereocenters. The molecule has 0 bridgehead atoms. The van der Waals surface area contributed by atoms with E-state index >= 15 is 0 Å². The molecule has 4 heterocycles. The number of hydrogen-bond acceptors (Lipinski definition) is 9. The predicted molar refractivity (Wildman–Crippen MR) is 141 cm³/mol. The number of aryl methyl sites for hydroxylation is 1. The molecule has 192 valence electrons. The molecule has 0 saturated carbocycles. The molecule has 0 unspecified atom stereocenters. The maximum absolute atomic E-state index is 13.0. The van der Waals surface area contributed by atoms with Crippen LogP contribution in [0, 0.1) is 5.41 Å². The van der Waals surface area contributed by atoms with Crippen molar-refractivity contribution in [1.29, 1.82) is 0 Å². The number of ether oxygens (including phenoxy) is 1. The summed E-state index contributed by atoms with van der Waals surface area (Å²) in [5.41, 5.74) is 0.392. The van der Waals surface area contributed by atoms with Gasteiger partial charge in [-0.3, -0.25) is 9.36 Å². The summed E-state index contributed by atoms with van der Waals surface area (Å²) >= 11 is 7.94. The summed E-state index contributed by atoms with van der Waals surface area (Å²) in [4.78, 5) is 29.4. The first kappa shape index (κ1) is 25.4. The van der Waals surface area contributed by atoms with E-state index in [1.54, 1.807) is 24.5 Å². The third-order valence-corrected chi connectivity index (χ3v) is 9.38. The van der Waals surface area contributed by atoms with E-state index in [0.29, 0.717) is 27.0 Å². The standard InChI is InChI=1S/C24H28ClN5O4S2/c1-16-11-24(14-34-16)5-7-29(8-6-24)19-12-27-20(13-26-19)35-18-4-3-17-21(22(18)25)23(31)30(15-28-17)9-10-36(2,32)33/h3-4,12-13,15-16H,5-11,14H2,1-2H3/t16-/m0/s1. The highest BCUT2D eigenvalue weighted by molar-refractivity contribution is 7.99. The number of anilines is 1. The second kappa shape index (κ2) is 9.92. The van der Waals surface area contributed by atoms with Gasteiger partial charge < -0.3 is 9.64 Å². The molecule has 5 rings (SSSR count). The minimum atomic E-state index is -3.22. The Hall–Kier alpha value is -2.21. The average Bonchev–Trinajstić information content (AvgIpc) is 3.20. The molecule has 2 saturated heterocycles. The Balaban J connectivity index is 1.30. The van der Waals surface area contributed by atoms with E-state index in [4.69, 9.17) is 16.3 Å². The highest BCUT2D eigenvalue weighted by Crippen LogP contribution is 2.42. The summed E-state index contributed by atoms with van der Waals surface area (Å²) in [7, 11) is -3.22. The molecule has 2 aliphatic rings. The number of rotatable bonds is 6. The molecule has 9 nitrogen and oxygen atoms in total. The molecule has 0 radical (unpaired) electrons. The highest BCUT2D eigenvalue weighted by Gasteiger charge is 2.41. The van der Waals surface area contributed by atoms with E-state index in [2.05, 4.69) is 26.8 Å². The summed E-state index contributed by atoms with van der Waals surface area (Å²) in [6.45, 7) is 4.90. The SMILES string of the molecule is C[C@H]1CC2(CCN(c3cnc(Sc4ccc5ncn(CCS(C)(=O)=O)c(=O)c5c4Cl)cn3)CC2)CO1. The number of nitrogens with zero attached hydrogens (tertiary/aromatic N) is 5. The van der Waals surface area contributed by atoms with Gasteiger partial charge >= 0.3 is 0 Å². The fraction of sp³-hybridized carbons (Fsp3) is 0.500. The van der Waals surface area contributed by atoms with Crippen LogP contribution in [0.15, 0.2) is 45.6 Å². The number of aromatic nitrogens is 4. The molecule has 0 amide bonds. The number of hydrogen-bond donors (Lipinski definition) is 0. The zero-order valence-corrected chi connectivity index (χ0v) is 22.6. The Kier molecular flexibility index (Phi) is 7.01. The molecule has 3 aromatic rings. The van der Waals surface area contributed by atoms with E-state index in [0.717, 1.165) is 51.0 Å². The average molecular weight is 550 g/mol. The Bertz CT molecular complexity index is 1440. The zero-order chi connectivity index (χ0) is 25.5.